The topological polar surface area (TPSA) is 20.2 Å². The van der Waals surface area contributed by atoms with Gasteiger partial charge < -0.3 is 5.11 Å². The molecule has 3 aliphatic carbocycles. The predicted molar refractivity (Wildman–Crippen MR) is 100 cm³/mol. The Balaban J connectivity index is 1.70. The Hall–Kier alpha value is -1.24. The molecular weight excluding hydrogens is 292 g/mol. The van der Waals surface area contributed by atoms with Crippen molar-refractivity contribution in [3.05, 3.63) is 40.5 Å². The molecule has 2 saturated carbocycles. The van der Waals surface area contributed by atoms with E-state index in [1.165, 1.54) is 37.7 Å². The average molecular weight is 325 g/mol. The molecule has 4 rings (SSSR count). The van der Waals surface area contributed by atoms with Crippen molar-refractivity contribution in [2.75, 3.05) is 0 Å². The highest BCUT2D eigenvalue weighted by Crippen LogP contribution is 2.63. The SMILES string of the molecule is C/C(=C1\CC[C@H]2[C@@H]3CCc4cc(O)ccc4[C@H]3CC[C@]12C)C(C)C. The lowest BCUT2D eigenvalue weighted by molar-refractivity contribution is 0.0805. The number of allylic oxidation sites excluding steroid dienone is 2. The summed E-state index contributed by atoms with van der Waals surface area (Å²) in [5.41, 5.74) is 6.87. The minimum atomic E-state index is 0.437. The maximum atomic E-state index is 9.82. The van der Waals surface area contributed by atoms with Gasteiger partial charge in [0, 0.05) is 0 Å². The number of aryl methyl sites for hydroxylation is 1. The highest BCUT2D eigenvalue weighted by molar-refractivity contribution is 5.41. The van der Waals surface area contributed by atoms with Crippen LogP contribution in [0.5, 0.6) is 5.75 Å². The first kappa shape index (κ1) is 16.2. The van der Waals surface area contributed by atoms with Crippen LogP contribution in [0.25, 0.3) is 0 Å². The van der Waals surface area contributed by atoms with E-state index in [0.717, 1.165) is 24.2 Å². The van der Waals surface area contributed by atoms with Gasteiger partial charge in [-0.25, -0.2) is 0 Å². The van der Waals surface area contributed by atoms with Gasteiger partial charge in [0.1, 0.15) is 5.75 Å². The fourth-order valence-electron chi connectivity index (χ4n) is 6.38. The quantitative estimate of drug-likeness (QED) is 0.608. The molecular formula is C23H32O. The van der Waals surface area contributed by atoms with E-state index in [9.17, 15) is 5.11 Å². The number of fused-ring (bicyclic) bond motifs is 5. The van der Waals surface area contributed by atoms with Crippen molar-refractivity contribution in [3.63, 3.8) is 0 Å². The van der Waals surface area contributed by atoms with E-state index in [4.69, 9.17) is 0 Å². The van der Waals surface area contributed by atoms with Gasteiger partial charge in [0.2, 0.25) is 0 Å². The number of phenols is 1. The second-order valence-electron chi connectivity index (χ2n) is 9.11. The van der Waals surface area contributed by atoms with E-state index in [1.54, 1.807) is 16.7 Å². The van der Waals surface area contributed by atoms with Crippen molar-refractivity contribution in [1.82, 2.24) is 0 Å². The van der Waals surface area contributed by atoms with Gasteiger partial charge in [-0.15, -0.1) is 0 Å². The average Bonchev–Trinajstić information content (AvgIpc) is 2.90. The summed E-state index contributed by atoms with van der Waals surface area (Å²) in [7, 11) is 0. The van der Waals surface area contributed by atoms with Crippen LogP contribution in [0, 0.1) is 23.2 Å². The normalized spacial score (nSPS) is 37.0. The van der Waals surface area contributed by atoms with Crippen LogP contribution in [-0.2, 0) is 6.42 Å². The number of aromatic hydroxyl groups is 1. The minimum absolute atomic E-state index is 0.437. The highest BCUT2D eigenvalue weighted by Gasteiger charge is 2.52. The molecule has 4 atom stereocenters. The molecule has 0 bridgehead atoms. The fraction of sp³-hybridized carbons (Fsp3) is 0.652. The summed E-state index contributed by atoms with van der Waals surface area (Å²) in [6.07, 6.45) is 7.86. The van der Waals surface area contributed by atoms with Crippen LogP contribution in [0.2, 0.25) is 0 Å². The van der Waals surface area contributed by atoms with Crippen LogP contribution in [0.4, 0.5) is 0 Å². The highest BCUT2D eigenvalue weighted by atomic mass is 16.3. The minimum Gasteiger partial charge on any atom is -0.508 e. The Kier molecular flexibility index (Phi) is 3.82. The van der Waals surface area contributed by atoms with Crippen molar-refractivity contribution < 1.29 is 5.11 Å². The molecule has 0 radical (unpaired) electrons. The molecule has 1 aromatic rings. The molecule has 0 heterocycles. The maximum Gasteiger partial charge on any atom is 0.115 e. The molecule has 2 fully saturated rings. The summed E-state index contributed by atoms with van der Waals surface area (Å²) < 4.78 is 0. The molecule has 0 unspecified atom stereocenters. The van der Waals surface area contributed by atoms with Crippen molar-refractivity contribution in [2.45, 2.75) is 72.1 Å². The number of hydrogen-bond donors (Lipinski definition) is 1. The first-order valence-electron chi connectivity index (χ1n) is 9.93. The van der Waals surface area contributed by atoms with Gasteiger partial charge in [-0.3, -0.25) is 0 Å². The zero-order valence-corrected chi connectivity index (χ0v) is 15.7. The van der Waals surface area contributed by atoms with E-state index >= 15 is 0 Å². The van der Waals surface area contributed by atoms with Crippen LogP contribution in [0.3, 0.4) is 0 Å². The van der Waals surface area contributed by atoms with Crippen molar-refractivity contribution in [3.8, 4) is 5.75 Å². The smallest absolute Gasteiger partial charge is 0.115 e. The Bertz CT molecular complexity index is 683. The molecule has 1 nitrogen and oxygen atoms in total. The molecule has 0 amide bonds. The lowest BCUT2D eigenvalue weighted by atomic mass is 9.54. The van der Waals surface area contributed by atoms with Gasteiger partial charge in [-0.2, -0.15) is 0 Å². The molecule has 0 saturated heterocycles. The third kappa shape index (κ3) is 2.27. The standard InChI is InChI=1S/C23H32O/c1-14(2)15(3)21-9-10-22-20-7-5-16-13-17(24)6-8-18(16)19(20)11-12-23(21,22)4/h6,8,13-14,19-20,22,24H,5,7,9-12H2,1-4H3/b21-15-/t19-,20-,22+,23-/m1/s1. The van der Waals surface area contributed by atoms with Crippen molar-refractivity contribution >= 4 is 0 Å². The summed E-state index contributed by atoms with van der Waals surface area (Å²) in [6.45, 7) is 9.68. The van der Waals surface area contributed by atoms with E-state index < -0.39 is 0 Å². The number of rotatable bonds is 1. The van der Waals surface area contributed by atoms with Gasteiger partial charge in [-0.05, 0) is 97.8 Å². The van der Waals surface area contributed by atoms with E-state index in [2.05, 4.69) is 33.8 Å². The molecule has 0 spiro atoms. The summed E-state index contributed by atoms with van der Waals surface area (Å²) in [5.74, 6) is 3.56. The first-order chi connectivity index (χ1) is 11.4. The predicted octanol–water partition coefficient (Wildman–Crippen LogP) is 6.22. The lowest BCUT2D eigenvalue weighted by Gasteiger charge is -2.50. The third-order valence-corrected chi connectivity index (χ3v) is 7.84. The Morgan fingerprint density at radius 1 is 1.17 bits per heavy atom. The fourth-order valence-corrected chi connectivity index (χ4v) is 6.38. The van der Waals surface area contributed by atoms with E-state index in [0.29, 0.717) is 17.1 Å². The zero-order valence-electron chi connectivity index (χ0n) is 15.7. The lowest BCUT2D eigenvalue weighted by Crippen LogP contribution is -2.40. The van der Waals surface area contributed by atoms with Crippen LogP contribution >= 0.6 is 0 Å². The monoisotopic (exact) mass is 324 g/mol. The Labute approximate surface area is 147 Å². The van der Waals surface area contributed by atoms with Crippen LogP contribution in [0.15, 0.2) is 29.3 Å². The summed E-state index contributed by atoms with van der Waals surface area (Å²) in [4.78, 5) is 0. The maximum absolute atomic E-state index is 9.82. The van der Waals surface area contributed by atoms with E-state index in [1.807, 2.05) is 12.1 Å². The van der Waals surface area contributed by atoms with Gasteiger partial charge >= 0.3 is 0 Å². The first-order valence-corrected chi connectivity index (χ1v) is 9.93. The Morgan fingerprint density at radius 2 is 1.96 bits per heavy atom. The van der Waals surface area contributed by atoms with Crippen molar-refractivity contribution in [1.29, 1.82) is 0 Å². The number of benzene rings is 1. The molecule has 130 valence electrons. The second-order valence-corrected chi connectivity index (χ2v) is 9.11. The summed E-state index contributed by atoms with van der Waals surface area (Å²) in [5, 5.41) is 9.82. The molecule has 1 aromatic carbocycles. The summed E-state index contributed by atoms with van der Waals surface area (Å²) in [6, 6.07) is 6.13. The second kappa shape index (κ2) is 5.64. The number of phenolic OH excluding ortho intramolecular Hbond substituents is 1. The van der Waals surface area contributed by atoms with Gasteiger partial charge in [0.25, 0.3) is 0 Å². The van der Waals surface area contributed by atoms with Crippen LogP contribution in [0.1, 0.15) is 76.8 Å². The molecule has 24 heavy (non-hydrogen) atoms. The van der Waals surface area contributed by atoms with Crippen molar-refractivity contribution in [2.24, 2.45) is 23.2 Å². The molecule has 1 N–H and O–H groups in total. The van der Waals surface area contributed by atoms with Gasteiger partial charge in [0.05, 0.1) is 0 Å². The largest absolute Gasteiger partial charge is 0.508 e. The van der Waals surface area contributed by atoms with Crippen LogP contribution < -0.4 is 0 Å². The zero-order chi connectivity index (χ0) is 17.1. The summed E-state index contributed by atoms with van der Waals surface area (Å²) >= 11 is 0. The Morgan fingerprint density at radius 3 is 2.71 bits per heavy atom. The molecule has 0 aromatic heterocycles. The molecule has 1 heteroatoms. The van der Waals surface area contributed by atoms with E-state index in [-0.39, 0.29) is 0 Å². The third-order valence-electron chi connectivity index (χ3n) is 7.84. The number of hydrogen-bond acceptors (Lipinski definition) is 1. The van der Waals surface area contributed by atoms with Gasteiger partial charge in [-0.1, -0.05) is 38.0 Å². The molecule has 0 aliphatic heterocycles. The van der Waals surface area contributed by atoms with Crippen LogP contribution in [-0.4, -0.2) is 5.11 Å². The molecule has 3 aliphatic rings. The van der Waals surface area contributed by atoms with Gasteiger partial charge in [0.15, 0.2) is 0 Å².